The van der Waals surface area contributed by atoms with Gasteiger partial charge in [0, 0.05) is 13.1 Å². The summed E-state index contributed by atoms with van der Waals surface area (Å²) < 4.78 is 3.99. The molecule has 0 saturated carbocycles. The summed E-state index contributed by atoms with van der Waals surface area (Å²) in [7, 11) is 0. The lowest BCUT2D eigenvalue weighted by atomic mass is 10.1. The predicted octanol–water partition coefficient (Wildman–Crippen LogP) is 1.74. The van der Waals surface area contributed by atoms with Crippen LogP contribution in [-0.2, 0) is 0 Å². The number of rotatable bonds is 5. The molecule has 3 N–H and O–H groups in total. The predicted molar refractivity (Wildman–Crippen MR) is 74.6 cm³/mol. The van der Waals surface area contributed by atoms with E-state index in [-0.39, 0.29) is 0 Å². The zero-order chi connectivity index (χ0) is 13.0. The number of nitrogens with zero attached hydrogens (tertiary/aromatic N) is 3. The Bertz CT molecular complexity index is 430. The Hall–Kier alpha value is -1.32. The van der Waals surface area contributed by atoms with Crippen LogP contribution in [0, 0.1) is 17.2 Å². The molecule has 1 saturated heterocycles. The smallest absolute Gasteiger partial charge is 0.157 e. The van der Waals surface area contributed by atoms with E-state index in [1.165, 1.54) is 37.5 Å². The van der Waals surface area contributed by atoms with Crippen molar-refractivity contribution in [2.24, 2.45) is 5.92 Å². The highest BCUT2D eigenvalue weighted by molar-refractivity contribution is 7.10. The van der Waals surface area contributed by atoms with Gasteiger partial charge in [-0.15, -0.1) is 0 Å². The van der Waals surface area contributed by atoms with Crippen LogP contribution in [0.5, 0.6) is 0 Å². The Kier molecular flexibility index (Phi) is 4.39. The van der Waals surface area contributed by atoms with Gasteiger partial charge in [0.05, 0.1) is 0 Å². The second-order valence-corrected chi connectivity index (χ2v) is 5.65. The average molecular weight is 265 g/mol. The van der Waals surface area contributed by atoms with E-state index in [1.54, 1.807) is 0 Å². The van der Waals surface area contributed by atoms with Crippen LogP contribution in [0.2, 0.25) is 0 Å². The number of nitriles is 1. The summed E-state index contributed by atoms with van der Waals surface area (Å²) in [6, 6.07) is 2.09. The van der Waals surface area contributed by atoms with Crippen molar-refractivity contribution in [1.82, 2.24) is 9.27 Å². The lowest BCUT2D eigenvalue weighted by molar-refractivity contribution is 0.294. The van der Waals surface area contributed by atoms with E-state index in [0.717, 1.165) is 18.1 Å². The van der Waals surface area contributed by atoms with Crippen molar-refractivity contribution >= 4 is 22.4 Å². The molecular weight excluding hydrogens is 246 g/mol. The lowest BCUT2D eigenvalue weighted by Crippen LogP contribution is -2.28. The molecule has 0 amide bonds. The number of aromatic nitrogens is 1. The summed E-state index contributed by atoms with van der Waals surface area (Å²) in [5.74, 6) is 0.884. The van der Waals surface area contributed by atoms with Gasteiger partial charge in [-0.1, -0.05) is 6.92 Å². The van der Waals surface area contributed by atoms with Gasteiger partial charge in [-0.3, -0.25) is 0 Å². The molecule has 2 rings (SSSR count). The minimum Gasteiger partial charge on any atom is -0.382 e. The molecule has 1 aromatic heterocycles. The molecule has 6 heteroatoms. The zero-order valence-electron chi connectivity index (χ0n) is 10.6. The van der Waals surface area contributed by atoms with Crippen molar-refractivity contribution in [3.8, 4) is 6.07 Å². The van der Waals surface area contributed by atoms with Crippen LogP contribution < -0.4 is 11.1 Å². The van der Waals surface area contributed by atoms with Crippen LogP contribution in [0.15, 0.2) is 0 Å². The minimum atomic E-state index is 0.331. The molecule has 1 unspecified atom stereocenters. The molecule has 0 aromatic carbocycles. The van der Waals surface area contributed by atoms with Crippen LogP contribution in [0.1, 0.15) is 25.3 Å². The van der Waals surface area contributed by atoms with Crippen molar-refractivity contribution in [3.05, 3.63) is 5.56 Å². The third-order valence-electron chi connectivity index (χ3n) is 3.21. The van der Waals surface area contributed by atoms with E-state index in [2.05, 4.69) is 27.6 Å². The Balaban J connectivity index is 1.81. The quantitative estimate of drug-likeness (QED) is 0.848. The molecule has 1 fully saturated rings. The van der Waals surface area contributed by atoms with Gasteiger partial charge in [-0.25, -0.2) is 0 Å². The summed E-state index contributed by atoms with van der Waals surface area (Å²) in [6.07, 6.45) is 2.65. The van der Waals surface area contributed by atoms with Gasteiger partial charge in [0.1, 0.15) is 16.6 Å². The lowest BCUT2D eigenvalue weighted by Gasteiger charge is -2.20. The largest absolute Gasteiger partial charge is 0.382 e. The summed E-state index contributed by atoms with van der Waals surface area (Å²) in [6.45, 7) is 6.64. The van der Waals surface area contributed by atoms with E-state index in [1.807, 2.05) is 0 Å². The van der Waals surface area contributed by atoms with Crippen LogP contribution in [-0.4, -0.2) is 35.5 Å². The summed E-state index contributed by atoms with van der Waals surface area (Å²) in [5, 5.41) is 13.1. The van der Waals surface area contributed by atoms with Crippen molar-refractivity contribution < 1.29 is 0 Å². The number of nitrogens with one attached hydrogen (secondary N) is 1. The normalized spacial score (nSPS) is 17.6. The topological polar surface area (TPSA) is 78.0 Å². The van der Waals surface area contributed by atoms with Gasteiger partial charge < -0.3 is 16.0 Å². The van der Waals surface area contributed by atoms with E-state index in [0.29, 0.717) is 17.3 Å². The first kappa shape index (κ1) is 13.1. The standard InChI is InChI=1S/C12H19N5S/c1-9(8-17-4-2-3-5-17)7-15-12-10(6-13)11(14)16-18-12/h9,15H,2-5,7-8H2,1H3,(H2,14,16). The molecule has 0 bridgehead atoms. The van der Waals surface area contributed by atoms with Crippen molar-refractivity contribution in [2.75, 3.05) is 37.2 Å². The molecule has 98 valence electrons. The van der Waals surface area contributed by atoms with Crippen LogP contribution >= 0.6 is 11.5 Å². The highest BCUT2D eigenvalue weighted by atomic mass is 32.1. The van der Waals surface area contributed by atoms with Gasteiger partial charge in [-0.2, -0.15) is 9.64 Å². The third kappa shape index (κ3) is 3.12. The molecule has 1 aliphatic heterocycles. The molecule has 0 aliphatic carbocycles. The molecule has 0 spiro atoms. The third-order valence-corrected chi connectivity index (χ3v) is 4.03. The molecule has 1 aliphatic rings. The van der Waals surface area contributed by atoms with Gasteiger partial charge in [0.15, 0.2) is 5.82 Å². The van der Waals surface area contributed by atoms with Crippen LogP contribution in [0.25, 0.3) is 0 Å². The maximum Gasteiger partial charge on any atom is 0.157 e. The van der Waals surface area contributed by atoms with Gasteiger partial charge in [0.25, 0.3) is 0 Å². The highest BCUT2D eigenvalue weighted by Gasteiger charge is 2.16. The Morgan fingerprint density at radius 3 is 2.94 bits per heavy atom. The van der Waals surface area contributed by atoms with E-state index < -0.39 is 0 Å². The Morgan fingerprint density at radius 1 is 1.56 bits per heavy atom. The van der Waals surface area contributed by atoms with E-state index in [9.17, 15) is 0 Å². The molecule has 5 nitrogen and oxygen atoms in total. The second-order valence-electron chi connectivity index (χ2n) is 4.88. The van der Waals surface area contributed by atoms with Crippen molar-refractivity contribution in [3.63, 3.8) is 0 Å². The minimum absolute atomic E-state index is 0.331. The fourth-order valence-electron chi connectivity index (χ4n) is 2.27. The van der Waals surface area contributed by atoms with E-state index >= 15 is 0 Å². The highest BCUT2D eigenvalue weighted by Crippen LogP contribution is 2.25. The SMILES string of the molecule is CC(CNc1snc(N)c1C#N)CN1CCCC1. The molecule has 2 heterocycles. The first-order valence-corrected chi connectivity index (χ1v) is 7.09. The molecule has 1 atom stereocenters. The zero-order valence-corrected chi connectivity index (χ0v) is 11.5. The maximum absolute atomic E-state index is 8.97. The molecule has 18 heavy (non-hydrogen) atoms. The fraction of sp³-hybridized carbons (Fsp3) is 0.667. The number of hydrogen-bond acceptors (Lipinski definition) is 6. The molecule has 0 radical (unpaired) electrons. The summed E-state index contributed by atoms with van der Waals surface area (Å²) >= 11 is 1.26. The Morgan fingerprint density at radius 2 is 2.28 bits per heavy atom. The van der Waals surface area contributed by atoms with Gasteiger partial charge in [-0.05, 0) is 43.4 Å². The van der Waals surface area contributed by atoms with Crippen LogP contribution in [0.3, 0.4) is 0 Å². The summed E-state index contributed by atoms with van der Waals surface area (Å²) in [4.78, 5) is 2.50. The van der Waals surface area contributed by atoms with Crippen LogP contribution in [0.4, 0.5) is 10.8 Å². The summed E-state index contributed by atoms with van der Waals surface area (Å²) in [5.41, 5.74) is 6.10. The fourth-order valence-corrected chi connectivity index (χ4v) is 2.94. The molecular formula is C12H19N5S. The average Bonchev–Trinajstić information content (AvgIpc) is 2.96. The first-order chi connectivity index (χ1) is 8.70. The number of anilines is 2. The van der Waals surface area contributed by atoms with Crippen molar-refractivity contribution in [1.29, 1.82) is 5.26 Å². The van der Waals surface area contributed by atoms with E-state index in [4.69, 9.17) is 11.0 Å². The van der Waals surface area contributed by atoms with Crippen molar-refractivity contribution in [2.45, 2.75) is 19.8 Å². The Labute approximate surface area is 112 Å². The monoisotopic (exact) mass is 265 g/mol. The van der Waals surface area contributed by atoms with Gasteiger partial charge >= 0.3 is 0 Å². The number of hydrogen-bond donors (Lipinski definition) is 2. The van der Waals surface area contributed by atoms with Gasteiger partial charge in [0.2, 0.25) is 0 Å². The second kappa shape index (κ2) is 6.03. The number of likely N-dealkylation sites (tertiary alicyclic amines) is 1. The maximum atomic E-state index is 8.97. The number of nitrogen functional groups attached to an aromatic ring is 1. The molecule has 1 aromatic rings. The first-order valence-electron chi connectivity index (χ1n) is 6.32. The number of nitrogens with two attached hydrogens (primary N) is 1.